The summed E-state index contributed by atoms with van der Waals surface area (Å²) >= 11 is 6.32. The molecule has 188 valence electrons. The third-order valence-corrected chi connectivity index (χ3v) is 6.32. The van der Waals surface area contributed by atoms with Gasteiger partial charge in [0.1, 0.15) is 17.1 Å². The van der Waals surface area contributed by atoms with Gasteiger partial charge in [-0.2, -0.15) is 0 Å². The zero-order valence-electron chi connectivity index (χ0n) is 19.7. The number of oxime groups is 1. The first kappa shape index (κ1) is 26.3. The lowest BCUT2D eigenvalue weighted by Gasteiger charge is -2.26. The van der Waals surface area contributed by atoms with Crippen LogP contribution in [0.25, 0.3) is 0 Å². The summed E-state index contributed by atoms with van der Waals surface area (Å²) in [6, 6.07) is 1.00. The molecule has 1 saturated heterocycles. The first-order valence-corrected chi connectivity index (χ1v) is 12.1. The Bertz CT molecular complexity index is 1040. The number of phenolic OH excluding ortho intramolecular Hbond substituents is 2. The fourth-order valence-electron chi connectivity index (χ4n) is 3.99. The molecule has 0 bridgehead atoms. The Hall–Kier alpha value is -3.26. The second-order valence-corrected chi connectivity index (χ2v) is 8.78. The fourth-order valence-corrected chi connectivity index (χ4v) is 4.21. The topological polar surface area (TPSA) is 109 Å². The largest absolute Gasteiger partial charge is 0.507 e. The number of hydrogen-bond donors (Lipinski definition) is 2. The van der Waals surface area contributed by atoms with E-state index in [-0.39, 0.29) is 47.4 Å². The lowest BCUT2D eigenvalue weighted by Crippen LogP contribution is -2.37. The van der Waals surface area contributed by atoms with E-state index in [1.165, 1.54) is 0 Å². The molecule has 0 aliphatic carbocycles. The van der Waals surface area contributed by atoms with Crippen LogP contribution >= 0.6 is 11.6 Å². The van der Waals surface area contributed by atoms with Gasteiger partial charge in [0, 0.05) is 32.0 Å². The minimum absolute atomic E-state index is 0.0343. The Morgan fingerprint density at radius 1 is 1.23 bits per heavy atom. The van der Waals surface area contributed by atoms with Crippen LogP contribution in [0.1, 0.15) is 54.4 Å². The average molecular weight is 503 g/mol. The van der Waals surface area contributed by atoms with Crippen molar-refractivity contribution in [3.63, 3.8) is 0 Å². The van der Waals surface area contributed by atoms with Gasteiger partial charge < -0.3 is 24.7 Å². The number of cyclic esters (lactones) is 1. The van der Waals surface area contributed by atoms with Crippen molar-refractivity contribution in [2.75, 3.05) is 26.3 Å². The summed E-state index contributed by atoms with van der Waals surface area (Å²) in [6.45, 7) is 5.09. The SMILES string of the molecule is C=CC1=CCCC=CC(=NOCC(=O)N2CCCCC2)Cc2c(Cl)c(O)cc(O)c2C(=O)OCC1. The number of amides is 1. The van der Waals surface area contributed by atoms with Crippen LogP contribution in [0.5, 0.6) is 11.5 Å². The van der Waals surface area contributed by atoms with Gasteiger partial charge in [0.25, 0.3) is 5.91 Å². The molecule has 0 aromatic heterocycles. The van der Waals surface area contributed by atoms with E-state index in [0.29, 0.717) is 31.6 Å². The van der Waals surface area contributed by atoms with Crippen molar-refractivity contribution in [2.24, 2.45) is 5.16 Å². The van der Waals surface area contributed by atoms with E-state index in [1.54, 1.807) is 17.1 Å². The van der Waals surface area contributed by atoms with Crippen LogP contribution in [0.4, 0.5) is 0 Å². The number of nitrogens with zero attached hydrogens (tertiary/aromatic N) is 2. The van der Waals surface area contributed by atoms with Crippen LogP contribution in [0, 0.1) is 0 Å². The van der Waals surface area contributed by atoms with E-state index >= 15 is 0 Å². The van der Waals surface area contributed by atoms with Crippen molar-refractivity contribution in [2.45, 2.75) is 44.9 Å². The number of hydrogen-bond acceptors (Lipinski definition) is 7. The predicted octanol–water partition coefficient (Wildman–Crippen LogP) is 4.69. The Morgan fingerprint density at radius 2 is 2.00 bits per heavy atom. The smallest absolute Gasteiger partial charge is 0.342 e. The zero-order chi connectivity index (χ0) is 25.2. The Balaban J connectivity index is 1.89. The molecule has 1 amide bonds. The van der Waals surface area contributed by atoms with Crippen LogP contribution in [0.2, 0.25) is 5.02 Å². The molecule has 0 atom stereocenters. The fraction of sp³-hybridized carbons (Fsp3) is 0.423. The van der Waals surface area contributed by atoms with E-state index in [9.17, 15) is 19.8 Å². The molecule has 9 heteroatoms. The summed E-state index contributed by atoms with van der Waals surface area (Å²) in [5.41, 5.74) is 1.30. The number of phenols is 2. The number of aromatic hydroxyl groups is 2. The second-order valence-electron chi connectivity index (χ2n) is 8.41. The highest BCUT2D eigenvalue weighted by atomic mass is 35.5. The number of likely N-dealkylation sites (tertiary alicyclic amines) is 1. The van der Waals surface area contributed by atoms with Gasteiger partial charge in [-0.3, -0.25) is 4.79 Å². The summed E-state index contributed by atoms with van der Waals surface area (Å²) < 4.78 is 5.37. The van der Waals surface area contributed by atoms with E-state index in [0.717, 1.165) is 37.3 Å². The van der Waals surface area contributed by atoms with Crippen LogP contribution in [-0.4, -0.2) is 59.0 Å². The molecule has 0 radical (unpaired) electrons. The van der Waals surface area contributed by atoms with Gasteiger partial charge in [0.15, 0.2) is 6.61 Å². The normalized spacial score (nSPS) is 18.8. The first-order chi connectivity index (χ1) is 16.9. The summed E-state index contributed by atoms with van der Waals surface area (Å²) in [6.07, 6.45) is 12.3. The minimum Gasteiger partial charge on any atom is -0.507 e. The van der Waals surface area contributed by atoms with E-state index in [1.807, 2.05) is 12.2 Å². The molecule has 1 aromatic rings. The van der Waals surface area contributed by atoms with Gasteiger partial charge in [-0.15, -0.1) is 0 Å². The lowest BCUT2D eigenvalue weighted by atomic mass is 9.99. The first-order valence-electron chi connectivity index (χ1n) is 11.8. The Kier molecular flexibility index (Phi) is 9.78. The average Bonchev–Trinajstić information content (AvgIpc) is 2.85. The molecule has 3 rings (SSSR count). The molecule has 2 aliphatic heterocycles. The van der Waals surface area contributed by atoms with Gasteiger partial charge in [-0.1, -0.05) is 41.6 Å². The van der Waals surface area contributed by atoms with Crippen LogP contribution in [0.15, 0.2) is 47.7 Å². The van der Waals surface area contributed by atoms with Crippen molar-refractivity contribution in [1.29, 1.82) is 0 Å². The quantitative estimate of drug-likeness (QED) is 0.456. The van der Waals surface area contributed by atoms with Gasteiger partial charge >= 0.3 is 5.97 Å². The Labute approximate surface area is 210 Å². The van der Waals surface area contributed by atoms with Crippen molar-refractivity contribution in [3.05, 3.63) is 58.7 Å². The summed E-state index contributed by atoms with van der Waals surface area (Å²) in [4.78, 5) is 32.4. The Morgan fingerprint density at radius 3 is 2.74 bits per heavy atom. The number of ether oxygens (including phenoxy) is 1. The number of esters is 1. The predicted molar refractivity (Wildman–Crippen MR) is 134 cm³/mol. The second kappa shape index (κ2) is 13.0. The molecule has 8 nitrogen and oxygen atoms in total. The number of rotatable bonds is 4. The summed E-state index contributed by atoms with van der Waals surface area (Å²) in [7, 11) is 0. The molecular formula is C26H31ClN2O6. The summed E-state index contributed by atoms with van der Waals surface area (Å²) in [5.74, 6) is -1.75. The number of fused-ring (bicyclic) bond motifs is 1. The van der Waals surface area contributed by atoms with Crippen molar-refractivity contribution >= 4 is 29.2 Å². The number of allylic oxidation sites excluding steroid dienone is 4. The molecule has 0 spiro atoms. The van der Waals surface area contributed by atoms with Crippen LogP contribution in [-0.2, 0) is 20.8 Å². The maximum atomic E-state index is 12.8. The minimum atomic E-state index is -0.774. The molecule has 2 heterocycles. The standard InChI is InChI=1S/C26H31ClN2O6/c1-2-18-9-5-3-6-10-19(28-35-17-23(32)29-12-7-4-8-13-29)15-20-24(26(33)34-14-11-18)21(30)16-22(31)25(20)27/h2,6,9-10,16,30-31H,1,3-5,7-8,11-15,17H2. The zero-order valence-corrected chi connectivity index (χ0v) is 20.4. The monoisotopic (exact) mass is 502 g/mol. The summed E-state index contributed by atoms with van der Waals surface area (Å²) in [5, 5.41) is 24.6. The third kappa shape index (κ3) is 7.36. The highest BCUT2D eigenvalue weighted by molar-refractivity contribution is 6.33. The van der Waals surface area contributed by atoms with Gasteiger partial charge in [-0.25, -0.2) is 4.79 Å². The molecule has 0 unspecified atom stereocenters. The van der Waals surface area contributed by atoms with Crippen molar-refractivity contribution in [3.8, 4) is 11.5 Å². The number of benzene rings is 1. The maximum absolute atomic E-state index is 12.8. The number of carbonyl (C=O) groups is 2. The van der Waals surface area contributed by atoms with Gasteiger partial charge in [0.2, 0.25) is 0 Å². The highest BCUT2D eigenvalue weighted by Crippen LogP contribution is 2.37. The molecule has 0 saturated carbocycles. The van der Waals surface area contributed by atoms with Crippen LogP contribution in [0.3, 0.4) is 0 Å². The molecule has 35 heavy (non-hydrogen) atoms. The number of piperidine rings is 1. The van der Waals surface area contributed by atoms with E-state index in [4.69, 9.17) is 21.2 Å². The highest BCUT2D eigenvalue weighted by Gasteiger charge is 2.25. The molecule has 2 aliphatic rings. The van der Waals surface area contributed by atoms with Gasteiger partial charge in [-0.05, 0) is 49.3 Å². The van der Waals surface area contributed by atoms with Crippen molar-refractivity contribution < 1.29 is 29.4 Å². The maximum Gasteiger partial charge on any atom is 0.342 e. The van der Waals surface area contributed by atoms with Gasteiger partial charge in [0.05, 0.1) is 17.3 Å². The molecule has 1 aromatic carbocycles. The molecular weight excluding hydrogens is 472 g/mol. The number of carbonyl (C=O) groups excluding carboxylic acids is 2. The third-order valence-electron chi connectivity index (χ3n) is 5.90. The van der Waals surface area contributed by atoms with Crippen LogP contribution < -0.4 is 0 Å². The van der Waals surface area contributed by atoms with Crippen molar-refractivity contribution in [1.82, 2.24) is 4.90 Å². The lowest BCUT2D eigenvalue weighted by molar-refractivity contribution is -0.137. The molecule has 2 N–H and O–H groups in total. The van der Waals surface area contributed by atoms with E-state index in [2.05, 4.69) is 11.7 Å². The molecule has 1 fully saturated rings. The number of halogens is 1. The van der Waals surface area contributed by atoms with E-state index < -0.39 is 11.7 Å².